The Morgan fingerprint density at radius 3 is 2.15 bits per heavy atom. The van der Waals surface area contributed by atoms with Gasteiger partial charge in [-0.2, -0.15) is 13.2 Å². The minimum atomic E-state index is -5.08. The highest BCUT2D eigenvalue weighted by atomic mass is 127. The molecule has 6 N–H and O–H groups in total. The number of nitrogens with zero attached hydrogens (tertiary/aromatic N) is 1. The quantitative estimate of drug-likeness (QED) is 0.198. The fraction of sp³-hybridized carbons (Fsp3) is 0.304. The SMILES string of the molecule is NC(=O)CCC(NC1CN(C(=O)c2ccc(F)c(F)c2Nc2ccc(I)cc2F)C1)C(=O)O.O=C(O)C(F)(F)F. The molecular weight excluding hydrogens is 669 g/mol. The lowest BCUT2D eigenvalue weighted by atomic mass is 10.0. The molecule has 40 heavy (non-hydrogen) atoms. The fourth-order valence-electron chi connectivity index (χ4n) is 3.35. The number of nitrogens with one attached hydrogen (secondary N) is 2. The van der Waals surface area contributed by atoms with Crippen molar-refractivity contribution >= 4 is 57.7 Å². The van der Waals surface area contributed by atoms with Crippen LogP contribution >= 0.6 is 22.6 Å². The molecule has 2 aromatic carbocycles. The molecule has 0 aromatic heterocycles. The number of alkyl halides is 3. The predicted octanol–water partition coefficient (Wildman–Crippen LogP) is 3.22. The van der Waals surface area contributed by atoms with Gasteiger partial charge in [-0.3, -0.25) is 19.7 Å². The van der Waals surface area contributed by atoms with E-state index in [0.717, 1.165) is 12.1 Å². The van der Waals surface area contributed by atoms with Crippen molar-refractivity contribution in [2.75, 3.05) is 18.4 Å². The summed E-state index contributed by atoms with van der Waals surface area (Å²) < 4.78 is 75.0. The maximum Gasteiger partial charge on any atom is 0.490 e. The van der Waals surface area contributed by atoms with Gasteiger partial charge in [-0.25, -0.2) is 18.0 Å². The van der Waals surface area contributed by atoms with E-state index < -0.39 is 59.1 Å². The van der Waals surface area contributed by atoms with E-state index in [0.29, 0.717) is 3.57 Å². The fourth-order valence-corrected chi connectivity index (χ4v) is 3.80. The number of anilines is 2. The highest BCUT2D eigenvalue weighted by Gasteiger charge is 2.38. The third-order valence-electron chi connectivity index (χ3n) is 5.34. The number of halogens is 7. The van der Waals surface area contributed by atoms with E-state index in [-0.39, 0.29) is 43.2 Å². The molecule has 0 spiro atoms. The predicted molar refractivity (Wildman–Crippen MR) is 135 cm³/mol. The summed E-state index contributed by atoms with van der Waals surface area (Å²) >= 11 is 1.90. The molecule has 1 atom stereocenters. The first-order valence-electron chi connectivity index (χ1n) is 11.1. The van der Waals surface area contributed by atoms with Crippen molar-refractivity contribution in [2.45, 2.75) is 31.1 Å². The zero-order valence-corrected chi connectivity index (χ0v) is 22.2. The van der Waals surface area contributed by atoms with E-state index in [2.05, 4.69) is 10.6 Å². The normalized spacial score (nSPS) is 13.9. The zero-order chi connectivity index (χ0) is 30.4. The van der Waals surface area contributed by atoms with Crippen molar-refractivity contribution in [3.63, 3.8) is 0 Å². The summed E-state index contributed by atoms with van der Waals surface area (Å²) in [6, 6.07) is 4.61. The van der Waals surface area contributed by atoms with E-state index in [4.69, 9.17) is 15.6 Å². The van der Waals surface area contributed by atoms with Crippen LogP contribution in [0.2, 0.25) is 0 Å². The molecule has 0 aliphatic carbocycles. The first-order valence-corrected chi connectivity index (χ1v) is 12.2. The van der Waals surface area contributed by atoms with Gasteiger partial charge in [0.1, 0.15) is 11.9 Å². The van der Waals surface area contributed by atoms with Crippen molar-refractivity contribution < 1.29 is 55.7 Å². The molecule has 17 heteroatoms. The maximum absolute atomic E-state index is 14.5. The first-order chi connectivity index (χ1) is 18.5. The van der Waals surface area contributed by atoms with Crippen LogP contribution in [-0.4, -0.2) is 70.2 Å². The lowest BCUT2D eigenvalue weighted by Crippen LogP contribution is -2.62. The number of rotatable bonds is 9. The van der Waals surface area contributed by atoms with Gasteiger partial charge in [0.05, 0.1) is 16.9 Å². The van der Waals surface area contributed by atoms with Crippen LogP contribution in [0.1, 0.15) is 23.2 Å². The minimum absolute atomic E-state index is 0.00602. The Morgan fingerprint density at radius 2 is 1.65 bits per heavy atom. The second-order valence-corrected chi connectivity index (χ2v) is 9.55. The molecule has 1 fully saturated rings. The van der Waals surface area contributed by atoms with Gasteiger partial charge < -0.3 is 26.2 Å². The number of aliphatic carboxylic acids is 2. The third kappa shape index (κ3) is 8.97. The second kappa shape index (κ2) is 13.6. The smallest absolute Gasteiger partial charge is 0.480 e. The van der Waals surface area contributed by atoms with Gasteiger partial charge in [0.15, 0.2) is 11.6 Å². The van der Waals surface area contributed by atoms with Gasteiger partial charge in [-0.15, -0.1) is 0 Å². The van der Waals surface area contributed by atoms with Crippen LogP contribution in [0.5, 0.6) is 0 Å². The molecule has 218 valence electrons. The molecule has 1 unspecified atom stereocenters. The number of carbonyl (C=O) groups is 4. The molecule has 1 aliphatic rings. The van der Waals surface area contributed by atoms with Crippen molar-refractivity contribution in [1.29, 1.82) is 0 Å². The van der Waals surface area contributed by atoms with Crippen molar-refractivity contribution in [1.82, 2.24) is 10.2 Å². The minimum Gasteiger partial charge on any atom is -0.480 e. The number of carbonyl (C=O) groups excluding carboxylic acids is 2. The highest BCUT2D eigenvalue weighted by Crippen LogP contribution is 2.30. The van der Waals surface area contributed by atoms with Crippen molar-refractivity contribution in [3.05, 3.63) is 56.9 Å². The van der Waals surface area contributed by atoms with Crippen LogP contribution in [0.15, 0.2) is 30.3 Å². The van der Waals surface area contributed by atoms with E-state index in [1.807, 2.05) is 22.6 Å². The molecule has 2 amide bonds. The number of amides is 2. The molecule has 1 aliphatic heterocycles. The Hall–Kier alpha value is -3.61. The Kier molecular flexibility index (Phi) is 11.1. The number of likely N-dealkylation sites (tertiary alicyclic amines) is 1. The Bertz CT molecular complexity index is 1290. The molecule has 3 rings (SSSR count). The van der Waals surface area contributed by atoms with Crippen molar-refractivity contribution in [3.8, 4) is 0 Å². The van der Waals surface area contributed by atoms with E-state index in [1.165, 1.54) is 17.0 Å². The van der Waals surface area contributed by atoms with Crippen LogP contribution < -0.4 is 16.4 Å². The summed E-state index contributed by atoms with van der Waals surface area (Å²) in [5, 5.41) is 21.7. The van der Waals surface area contributed by atoms with Crippen LogP contribution in [0, 0.1) is 21.0 Å². The average Bonchev–Trinajstić information content (AvgIpc) is 2.81. The van der Waals surface area contributed by atoms with Crippen LogP contribution in [0.4, 0.5) is 37.7 Å². The first kappa shape index (κ1) is 32.6. The van der Waals surface area contributed by atoms with Crippen LogP contribution in [-0.2, 0) is 14.4 Å². The molecule has 0 saturated carbocycles. The number of primary amides is 1. The van der Waals surface area contributed by atoms with Gasteiger partial charge in [-0.05, 0) is 59.3 Å². The summed E-state index contributed by atoms with van der Waals surface area (Å²) in [4.78, 5) is 45.4. The summed E-state index contributed by atoms with van der Waals surface area (Å²) in [6.45, 7) is 0.213. The zero-order valence-electron chi connectivity index (χ0n) is 20.1. The van der Waals surface area contributed by atoms with E-state index in [1.54, 1.807) is 6.07 Å². The number of hydrogen-bond acceptors (Lipinski definition) is 6. The monoisotopic (exact) mass is 690 g/mol. The third-order valence-corrected chi connectivity index (χ3v) is 6.01. The standard InChI is InChI=1S/C21H20F3IN4O4.C2HF3O2/c22-13-3-2-12(19(18(13)24)28-15-4-1-10(25)7-14(15)23)20(31)29-8-11(9-29)27-16(21(32)33)5-6-17(26)30;3-2(4,5)1(6)7/h1-4,7,11,16,27-28H,5-6,8-9H2,(H2,26,30)(H,32,33);(H,6,7). The summed E-state index contributed by atoms with van der Waals surface area (Å²) in [5.41, 5.74) is 4.23. The van der Waals surface area contributed by atoms with Crippen LogP contribution in [0.25, 0.3) is 0 Å². The maximum atomic E-state index is 14.5. The Morgan fingerprint density at radius 1 is 1.05 bits per heavy atom. The molecule has 2 aromatic rings. The number of carboxylic acid groups (broad SMARTS) is 2. The van der Waals surface area contributed by atoms with Gasteiger partial charge in [0.25, 0.3) is 5.91 Å². The van der Waals surface area contributed by atoms with Gasteiger partial charge in [-0.1, -0.05) is 0 Å². The molecule has 0 radical (unpaired) electrons. The summed E-state index contributed by atoms with van der Waals surface area (Å²) in [5.74, 6) is -8.41. The molecular formula is C23H21F6IN4O6. The van der Waals surface area contributed by atoms with Gasteiger partial charge in [0.2, 0.25) is 5.91 Å². The molecule has 1 saturated heterocycles. The van der Waals surface area contributed by atoms with Gasteiger partial charge in [0, 0.05) is 29.1 Å². The van der Waals surface area contributed by atoms with Gasteiger partial charge >= 0.3 is 18.1 Å². The second-order valence-electron chi connectivity index (χ2n) is 8.31. The topological polar surface area (TPSA) is 162 Å². The highest BCUT2D eigenvalue weighted by molar-refractivity contribution is 14.1. The molecule has 10 nitrogen and oxygen atoms in total. The molecule has 0 bridgehead atoms. The Balaban J connectivity index is 0.000000708. The number of nitrogens with two attached hydrogens (primary N) is 1. The van der Waals surface area contributed by atoms with Crippen molar-refractivity contribution in [2.24, 2.45) is 5.73 Å². The number of hydrogen-bond donors (Lipinski definition) is 5. The molecule has 1 heterocycles. The van der Waals surface area contributed by atoms with E-state index in [9.17, 15) is 45.8 Å². The van der Waals surface area contributed by atoms with Crippen LogP contribution in [0.3, 0.4) is 0 Å². The lowest BCUT2D eigenvalue weighted by Gasteiger charge is -2.41. The lowest BCUT2D eigenvalue weighted by molar-refractivity contribution is -0.192. The Labute approximate surface area is 235 Å². The number of carboxylic acids is 2. The van der Waals surface area contributed by atoms with E-state index >= 15 is 0 Å². The average molecular weight is 690 g/mol. The summed E-state index contributed by atoms with van der Waals surface area (Å²) in [6.07, 6.45) is -5.20. The number of benzene rings is 2. The largest absolute Gasteiger partial charge is 0.490 e. The summed E-state index contributed by atoms with van der Waals surface area (Å²) in [7, 11) is 0.